The Balaban J connectivity index is 1.73. The fourth-order valence-electron chi connectivity index (χ4n) is 4.06. The van der Waals surface area contributed by atoms with Crippen molar-refractivity contribution in [2.24, 2.45) is 0 Å². The summed E-state index contributed by atoms with van der Waals surface area (Å²) in [6.07, 6.45) is -3.01. The molecule has 3 aromatic carbocycles. The first kappa shape index (κ1) is 21.6. The van der Waals surface area contributed by atoms with Gasteiger partial charge in [-0.05, 0) is 54.1 Å². The molecule has 34 heavy (non-hydrogen) atoms. The van der Waals surface area contributed by atoms with E-state index in [2.05, 4.69) is 9.97 Å². The molecule has 0 fully saturated rings. The summed E-state index contributed by atoms with van der Waals surface area (Å²) in [5.74, 6) is 0.964. The van der Waals surface area contributed by atoms with E-state index in [0.717, 1.165) is 12.1 Å². The lowest BCUT2D eigenvalue weighted by Gasteiger charge is -2.11. The van der Waals surface area contributed by atoms with E-state index in [0.29, 0.717) is 39.3 Å². The van der Waals surface area contributed by atoms with E-state index in [-0.39, 0.29) is 12.1 Å². The van der Waals surface area contributed by atoms with E-state index in [9.17, 15) is 18.0 Å². The minimum Gasteiger partial charge on any atom is -0.493 e. The molecule has 0 unspecified atom stereocenters. The quantitative estimate of drug-likeness (QED) is 0.404. The molecule has 2 heterocycles. The van der Waals surface area contributed by atoms with Crippen LogP contribution in [0.5, 0.6) is 11.5 Å². The van der Waals surface area contributed by atoms with Gasteiger partial charge in [-0.15, -0.1) is 0 Å². The number of rotatable bonds is 5. The van der Waals surface area contributed by atoms with Gasteiger partial charge in [0.25, 0.3) is 0 Å². The number of ether oxygens (including phenoxy) is 2. The first-order valence-corrected chi connectivity index (χ1v) is 10.3. The third-order valence-corrected chi connectivity index (χ3v) is 5.71. The highest BCUT2D eigenvalue weighted by molar-refractivity contribution is 5.82. The van der Waals surface area contributed by atoms with Crippen LogP contribution < -0.4 is 15.2 Å². The zero-order chi connectivity index (χ0) is 24.0. The van der Waals surface area contributed by atoms with Gasteiger partial charge in [0.1, 0.15) is 0 Å². The first-order valence-electron chi connectivity index (χ1n) is 10.3. The Morgan fingerprint density at radius 3 is 2.47 bits per heavy atom. The molecule has 0 saturated heterocycles. The highest BCUT2D eigenvalue weighted by Crippen LogP contribution is 2.33. The van der Waals surface area contributed by atoms with Gasteiger partial charge >= 0.3 is 11.9 Å². The average molecular weight is 468 g/mol. The van der Waals surface area contributed by atoms with Gasteiger partial charge in [0.05, 0.1) is 60.4 Å². The van der Waals surface area contributed by atoms with Crippen LogP contribution in [0.3, 0.4) is 0 Å². The maximum absolute atomic E-state index is 13.6. The number of halogens is 3. The summed E-state index contributed by atoms with van der Waals surface area (Å²) in [4.78, 5) is 20.7. The monoisotopic (exact) mass is 468 g/mol. The van der Waals surface area contributed by atoms with Crippen LogP contribution in [0.25, 0.3) is 27.8 Å². The molecule has 0 aliphatic rings. The summed E-state index contributed by atoms with van der Waals surface area (Å²) in [6.45, 7) is 0.0380. The summed E-state index contributed by atoms with van der Waals surface area (Å²) >= 11 is 0. The van der Waals surface area contributed by atoms with Crippen molar-refractivity contribution in [3.05, 3.63) is 82.5 Å². The molecule has 0 atom stereocenters. The van der Waals surface area contributed by atoms with Gasteiger partial charge in [-0.3, -0.25) is 9.13 Å². The van der Waals surface area contributed by atoms with Crippen LogP contribution in [0, 0.1) is 0 Å². The lowest BCUT2D eigenvalue weighted by atomic mass is 10.1. The lowest BCUT2D eigenvalue weighted by Crippen LogP contribution is -2.23. The smallest absolute Gasteiger partial charge is 0.416 e. The van der Waals surface area contributed by atoms with E-state index < -0.39 is 17.4 Å². The largest absolute Gasteiger partial charge is 0.493 e. The molecule has 0 bridgehead atoms. The minimum absolute atomic E-state index is 0.0380. The van der Waals surface area contributed by atoms with Crippen molar-refractivity contribution in [1.82, 2.24) is 19.1 Å². The number of alkyl halides is 3. The third-order valence-electron chi connectivity index (χ3n) is 5.71. The number of benzene rings is 3. The second-order valence-electron chi connectivity index (χ2n) is 7.70. The molecule has 10 heteroatoms. The van der Waals surface area contributed by atoms with E-state index in [1.165, 1.54) is 35.7 Å². The number of methoxy groups -OCH3 is 2. The summed E-state index contributed by atoms with van der Waals surface area (Å²) in [7, 11) is 2.99. The number of fused-ring (bicyclic) bond motifs is 2. The van der Waals surface area contributed by atoms with Crippen molar-refractivity contribution in [2.75, 3.05) is 14.2 Å². The Morgan fingerprint density at radius 1 is 0.941 bits per heavy atom. The van der Waals surface area contributed by atoms with Gasteiger partial charge in [-0.2, -0.15) is 13.2 Å². The maximum Gasteiger partial charge on any atom is 0.416 e. The molecule has 1 N–H and O–H groups in total. The predicted molar refractivity (Wildman–Crippen MR) is 121 cm³/mol. The normalized spacial score (nSPS) is 11.9. The SMILES string of the molecule is COc1ccc(Cn2c(=O)n(-c3ccc4nc[nH]c4c3)c3ccc(C(F)(F)F)cc32)cc1OC. The van der Waals surface area contributed by atoms with Crippen molar-refractivity contribution in [3.63, 3.8) is 0 Å². The fraction of sp³-hybridized carbons (Fsp3) is 0.167. The third kappa shape index (κ3) is 3.57. The topological polar surface area (TPSA) is 74.1 Å². The van der Waals surface area contributed by atoms with Crippen LogP contribution >= 0.6 is 0 Å². The summed E-state index contributed by atoms with van der Waals surface area (Å²) in [5, 5.41) is 0. The number of aromatic nitrogens is 4. The molecule has 2 aromatic heterocycles. The number of hydrogen-bond acceptors (Lipinski definition) is 4. The Morgan fingerprint density at radius 2 is 1.74 bits per heavy atom. The van der Waals surface area contributed by atoms with Crippen molar-refractivity contribution < 1.29 is 22.6 Å². The van der Waals surface area contributed by atoms with Crippen LogP contribution in [0.2, 0.25) is 0 Å². The van der Waals surface area contributed by atoms with Gasteiger partial charge in [0.15, 0.2) is 11.5 Å². The van der Waals surface area contributed by atoms with Crippen LogP contribution in [-0.4, -0.2) is 33.3 Å². The zero-order valence-corrected chi connectivity index (χ0v) is 18.2. The summed E-state index contributed by atoms with van der Waals surface area (Å²) in [5.41, 5.74) is 1.82. The van der Waals surface area contributed by atoms with Crippen LogP contribution in [0.15, 0.2) is 65.7 Å². The Bertz CT molecular complexity index is 1580. The van der Waals surface area contributed by atoms with Gasteiger partial charge in [0, 0.05) is 0 Å². The van der Waals surface area contributed by atoms with Gasteiger partial charge in [0.2, 0.25) is 0 Å². The minimum atomic E-state index is -4.55. The van der Waals surface area contributed by atoms with Crippen molar-refractivity contribution >= 4 is 22.1 Å². The Labute approximate surface area is 191 Å². The molecule has 7 nitrogen and oxygen atoms in total. The van der Waals surface area contributed by atoms with Crippen molar-refractivity contribution in [2.45, 2.75) is 12.7 Å². The van der Waals surface area contributed by atoms with E-state index in [1.54, 1.807) is 36.4 Å². The number of hydrogen-bond donors (Lipinski definition) is 1. The standard InChI is InChI=1S/C24H19F3N4O3/c1-33-21-8-3-14(9-22(21)34-2)12-30-20-10-15(24(25,26)27)4-7-19(20)31(23(30)32)16-5-6-17-18(11-16)29-13-28-17/h3-11,13H,12H2,1-2H3,(H,28,29). The summed E-state index contributed by atoms with van der Waals surface area (Å²) < 4.78 is 53.8. The molecule has 174 valence electrons. The highest BCUT2D eigenvalue weighted by atomic mass is 19.4. The summed E-state index contributed by atoms with van der Waals surface area (Å²) in [6, 6.07) is 13.6. The Kier molecular flexibility index (Phi) is 5.07. The second kappa shape index (κ2) is 7.98. The molecule has 0 amide bonds. The molecule has 0 saturated carbocycles. The fourth-order valence-corrected chi connectivity index (χ4v) is 4.06. The number of nitrogens with zero attached hydrogens (tertiary/aromatic N) is 3. The van der Waals surface area contributed by atoms with Gasteiger partial charge in [-0.1, -0.05) is 6.07 Å². The maximum atomic E-state index is 13.6. The van der Waals surface area contributed by atoms with E-state index >= 15 is 0 Å². The molecule has 0 aliphatic carbocycles. The number of imidazole rings is 2. The molecule has 0 radical (unpaired) electrons. The zero-order valence-electron chi connectivity index (χ0n) is 18.2. The van der Waals surface area contributed by atoms with Crippen molar-refractivity contribution in [3.8, 4) is 17.2 Å². The average Bonchev–Trinajstić information content (AvgIpc) is 3.40. The lowest BCUT2D eigenvalue weighted by molar-refractivity contribution is -0.137. The van der Waals surface area contributed by atoms with Crippen LogP contribution in [0.1, 0.15) is 11.1 Å². The number of nitrogens with one attached hydrogen (secondary N) is 1. The first-order chi connectivity index (χ1) is 16.3. The Hall–Kier alpha value is -4.21. The molecule has 0 aliphatic heterocycles. The van der Waals surface area contributed by atoms with E-state index in [1.807, 2.05) is 0 Å². The number of H-pyrrole nitrogens is 1. The molecular weight excluding hydrogens is 449 g/mol. The highest BCUT2D eigenvalue weighted by Gasteiger charge is 2.31. The van der Waals surface area contributed by atoms with Gasteiger partial charge in [-0.25, -0.2) is 9.78 Å². The van der Waals surface area contributed by atoms with E-state index in [4.69, 9.17) is 9.47 Å². The molecule has 0 spiro atoms. The molecule has 5 aromatic rings. The van der Waals surface area contributed by atoms with Gasteiger partial charge < -0.3 is 14.5 Å². The predicted octanol–water partition coefficient (Wildman–Crippen LogP) is 4.75. The molecule has 5 rings (SSSR count). The molecular formula is C24H19F3N4O3. The van der Waals surface area contributed by atoms with Crippen LogP contribution in [0.4, 0.5) is 13.2 Å². The van der Waals surface area contributed by atoms with Crippen molar-refractivity contribution in [1.29, 1.82) is 0 Å². The number of aromatic amines is 1. The van der Waals surface area contributed by atoms with Crippen LogP contribution in [-0.2, 0) is 12.7 Å². The second-order valence-corrected chi connectivity index (χ2v) is 7.70.